The first-order chi connectivity index (χ1) is 8.24. The number of ketones is 1. The van der Waals surface area contributed by atoms with Crippen molar-refractivity contribution in [2.45, 2.75) is 5.92 Å². The maximum absolute atomic E-state index is 12.1. The number of Topliss-reactive ketones (excluding diaryl/α,β-unsaturated/α-hetero) is 1. The predicted molar refractivity (Wildman–Crippen MR) is 60.6 cm³/mol. The molecule has 1 unspecified atom stereocenters. The van der Waals surface area contributed by atoms with E-state index in [0.717, 1.165) is 0 Å². The molecule has 0 amide bonds. The minimum Gasteiger partial charge on any atom is -0.452 e. The van der Waals surface area contributed by atoms with Crippen molar-refractivity contribution < 1.29 is 9.21 Å². The highest BCUT2D eigenvalue weighted by Crippen LogP contribution is 2.25. The maximum Gasteiger partial charge on any atom is 0.203 e. The number of carbonyl (C=O) groups is 1. The van der Waals surface area contributed by atoms with Crippen LogP contribution in [-0.2, 0) is 0 Å². The van der Waals surface area contributed by atoms with Gasteiger partial charge in [-0.15, -0.1) is 0 Å². The van der Waals surface area contributed by atoms with E-state index in [1.165, 1.54) is 18.5 Å². The SMILES string of the molecule is N#CC(C(=O)c1ccoc1Cl)c1cccnc1. The number of furan rings is 1. The summed E-state index contributed by atoms with van der Waals surface area (Å²) in [6.45, 7) is 0. The van der Waals surface area contributed by atoms with Gasteiger partial charge in [-0.2, -0.15) is 5.26 Å². The summed E-state index contributed by atoms with van der Waals surface area (Å²) in [5.74, 6) is -1.31. The van der Waals surface area contributed by atoms with Crippen molar-refractivity contribution in [1.82, 2.24) is 4.98 Å². The summed E-state index contributed by atoms with van der Waals surface area (Å²) >= 11 is 5.71. The van der Waals surface area contributed by atoms with Crippen molar-refractivity contribution in [3.63, 3.8) is 0 Å². The molecule has 0 bridgehead atoms. The van der Waals surface area contributed by atoms with Crippen LogP contribution < -0.4 is 0 Å². The molecule has 0 aromatic carbocycles. The first-order valence-corrected chi connectivity index (χ1v) is 5.18. The minimum atomic E-state index is -0.918. The normalized spacial score (nSPS) is 11.8. The van der Waals surface area contributed by atoms with Crippen LogP contribution in [0, 0.1) is 11.3 Å². The summed E-state index contributed by atoms with van der Waals surface area (Å²) in [5.41, 5.74) is 0.749. The number of nitriles is 1. The zero-order valence-corrected chi connectivity index (χ0v) is 9.39. The van der Waals surface area contributed by atoms with Gasteiger partial charge in [0.2, 0.25) is 5.22 Å². The van der Waals surface area contributed by atoms with Crippen LogP contribution in [-0.4, -0.2) is 10.8 Å². The Kier molecular flexibility index (Phi) is 3.22. The van der Waals surface area contributed by atoms with Crippen LogP contribution in [0.1, 0.15) is 21.8 Å². The summed E-state index contributed by atoms with van der Waals surface area (Å²) in [6, 6.07) is 6.74. The number of aromatic nitrogens is 1. The molecule has 84 valence electrons. The molecule has 2 rings (SSSR count). The average molecular weight is 247 g/mol. The zero-order chi connectivity index (χ0) is 12.3. The van der Waals surface area contributed by atoms with Crippen molar-refractivity contribution in [3.8, 4) is 6.07 Å². The summed E-state index contributed by atoms with van der Waals surface area (Å²) < 4.78 is 4.84. The first kappa shape index (κ1) is 11.4. The van der Waals surface area contributed by atoms with E-state index in [0.29, 0.717) is 5.56 Å². The molecule has 0 N–H and O–H groups in total. The molecule has 0 saturated carbocycles. The van der Waals surface area contributed by atoms with Crippen molar-refractivity contribution in [1.29, 1.82) is 5.26 Å². The van der Waals surface area contributed by atoms with Crippen LogP contribution in [0.25, 0.3) is 0 Å². The highest BCUT2D eigenvalue weighted by atomic mass is 35.5. The number of halogens is 1. The number of nitrogens with zero attached hydrogens (tertiary/aromatic N) is 2. The lowest BCUT2D eigenvalue weighted by molar-refractivity contribution is 0.0978. The second kappa shape index (κ2) is 4.81. The second-order valence-electron chi connectivity index (χ2n) is 3.32. The predicted octanol–water partition coefficient (Wildman–Crippen LogP) is 2.82. The topological polar surface area (TPSA) is 66.9 Å². The molecule has 0 spiro atoms. The average Bonchev–Trinajstić information content (AvgIpc) is 2.77. The summed E-state index contributed by atoms with van der Waals surface area (Å²) in [4.78, 5) is 15.9. The molecule has 1 atom stereocenters. The third kappa shape index (κ3) is 2.19. The smallest absolute Gasteiger partial charge is 0.203 e. The lowest BCUT2D eigenvalue weighted by Gasteiger charge is -2.06. The Bertz CT molecular complexity index is 572. The molecule has 0 radical (unpaired) electrons. The summed E-state index contributed by atoms with van der Waals surface area (Å²) in [5, 5.41) is 9.07. The Balaban J connectivity index is 2.36. The van der Waals surface area contributed by atoms with E-state index in [1.807, 2.05) is 6.07 Å². The molecule has 0 aliphatic carbocycles. The standard InChI is InChI=1S/C12H7ClN2O2/c13-12-9(3-5-17-12)11(16)10(6-14)8-2-1-4-15-7-8/h1-5,7,10H. The van der Waals surface area contributed by atoms with Crippen molar-refractivity contribution in [2.24, 2.45) is 0 Å². The van der Waals surface area contributed by atoms with Crippen molar-refractivity contribution in [3.05, 3.63) is 53.2 Å². The van der Waals surface area contributed by atoms with E-state index < -0.39 is 5.92 Å². The van der Waals surface area contributed by atoms with Gasteiger partial charge in [-0.1, -0.05) is 6.07 Å². The Labute approximate surface area is 102 Å². The lowest BCUT2D eigenvalue weighted by Crippen LogP contribution is -2.11. The van der Waals surface area contributed by atoms with Crippen LogP contribution in [0.2, 0.25) is 5.22 Å². The third-order valence-corrected chi connectivity index (χ3v) is 2.59. The van der Waals surface area contributed by atoms with Gasteiger partial charge in [-0.3, -0.25) is 9.78 Å². The molecule has 2 heterocycles. The van der Waals surface area contributed by atoms with Gasteiger partial charge in [0.15, 0.2) is 5.78 Å². The number of hydrogen-bond donors (Lipinski definition) is 0. The quantitative estimate of drug-likeness (QED) is 0.781. The van der Waals surface area contributed by atoms with Crippen LogP contribution in [0.3, 0.4) is 0 Å². The first-order valence-electron chi connectivity index (χ1n) is 4.80. The fraction of sp³-hybridized carbons (Fsp3) is 0.0833. The van der Waals surface area contributed by atoms with Gasteiger partial charge in [0, 0.05) is 12.4 Å². The molecule has 0 saturated heterocycles. The molecule has 2 aromatic heterocycles. The molecule has 0 fully saturated rings. The fourth-order valence-corrected chi connectivity index (χ4v) is 1.66. The van der Waals surface area contributed by atoms with Crippen LogP contribution >= 0.6 is 11.6 Å². The molecular formula is C12H7ClN2O2. The van der Waals surface area contributed by atoms with Gasteiger partial charge >= 0.3 is 0 Å². The van der Waals surface area contributed by atoms with Crippen molar-refractivity contribution in [2.75, 3.05) is 0 Å². The Hall–Kier alpha value is -2.12. The molecule has 0 aliphatic rings. The van der Waals surface area contributed by atoms with E-state index in [9.17, 15) is 4.79 Å². The van der Waals surface area contributed by atoms with Gasteiger partial charge in [0.05, 0.1) is 17.9 Å². The van der Waals surface area contributed by atoms with Crippen LogP contribution in [0.15, 0.2) is 41.3 Å². The monoisotopic (exact) mass is 246 g/mol. The Morgan fingerprint density at radius 1 is 1.53 bits per heavy atom. The number of rotatable bonds is 3. The molecule has 17 heavy (non-hydrogen) atoms. The molecule has 0 aliphatic heterocycles. The zero-order valence-electron chi connectivity index (χ0n) is 8.63. The van der Waals surface area contributed by atoms with E-state index in [-0.39, 0.29) is 16.6 Å². The summed E-state index contributed by atoms with van der Waals surface area (Å²) in [7, 11) is 0. The number of pyridine rings is 1. The minimum absolute atomic E-state index is 0.000796. The van der Waals surface area contributed by atoms with Gasteiger partial charge in [0.1, 0.15) is 5.92 Å². The van der Waals surface area contributed by atoms with Gasteiger partial charge in [-0.25, -0.2) is 0 Å². The molecular weight excluding hydrogens is 240 g/mol. The van der Waals surface area contributed by atoms with E-state index in [4.69, 9.17) is 21.3 Å². The number of carbonyl (C=O) groups excluding carboxylic acids is 1. The summed E-state index contributed by atoms with van der Waals surface area (Å²) in [6.07, 6.45) is 4.38. The van der Waals surface area contributed by atoms with E-state index in [1.54, 1.807) is 18.3 Å². The molecule has 2 aromatic rings. The van der Waals surface area contributed by atoms with E-state index in [2.05, 4.69) is 4.98 Å². The highest BCUT2D eigenvalue weighted by Gasteiger charge is 2.25. The highest BCUT2D eigenvalue weighted by molar-refractivity contribution is 6.32. The Morgan fingerprint density at radius 2 is 2.35 bits per heavy atom. The van der Waals surface area contributed by atoms with Crippen LogP contribution in [0.5, 0.6) is 0 Å². The van der Waals surface area contributed by atoms with Gasteiger partial charge < -0.3 is 4.42 Å². The maximum atomic E-state index is 12.1. The number of hydrogen-bond acceptors (Lipinski definition) is 4. The molecule has 5 heteroatoms. The Morgan fingerprint density at radius 3 is 2.88 bits per heavy atom. The molecule has 4 nitrogen and oxygen atoms in total. The lowest BCUT2D eigenvalue weighted by atomic mass is 9.94. The van der Waals surface area contributed by atoms with Gasteiger partial charge in [-0.05, 0) is 29.3 Å². The van der Waals surface area contributed by atoms with Crippen LogP contribution in [0.4, 0.5) is 0 Å². The fourth-order valence-electron chi connectivity index (χ4n) is 1.46. The largest absolute Gasteiger partial charge is 0.452 e. The van der Waals surface area contributed by atoms with Crippen molar-refractivity contribution >= 4 is 17.4 Å². The van der Waals surface area contributed by atoms with Gasteiger partial charge in [0.25, 0.3) is 0 Å². The third-order valence-electron chi connectivity index (χ3n) is 2.29. The second-order valence-corrected chi connectivity index (χ2v) is 3.66. The van der Waals surface area contributed by atoms with E-state index >= 15 is 0 Å².